The van der Waals surface area contributed by atoms with E-state index in [1.165, 1.54) is 35.1 Å². The third-order valence-electron chi connectivity index (χ3n) is 6.50. The fraction of sp³-hybridized carbons (Fsp3) is 0.0370. The molecule has 4 heterocycles. The second-order valence-corrected chi connectivity index (χ2v) is 8.69. The lowest BCUT2D eigenvalue weighted by molar-refractivity contribution is -0.384. The number of halogens is 1. The Morgan fingerprint density at radius 2 is 1.74 bits per heavy atom. The van der Waals surface area contributed by atoms with Gasteiger partial charge in [0, 0.05) is 17.7 Å². The zero-order chi connectivity index (χ0) is 26.0. The first-order valence-electron chi connectivity index (χ1n) is 11.5. The molecule has 6 aromatic rings. The average Bonchev–Trinajstić information content (AvgIpc) is 3.37. The van der Waals surface area contributed by atoms with Gasteiger partial charge in [-0.1, -0.05) is 24.3 Å². The molecule has 0 aliphatic carbocycles. The predicted molar refractivity (Wildman–Crippen MR) is 133 cm³/mol. The number of ether oxygens (including phenoxy) is 1. The van der Waals surface area contributed by atoms with Gasteiger partial charge in [0.2, 0.25) is 5.88 Å². The van der Waals surface area contributed by atoms with Crippen LogP contribution in [0.1, 0.15) is 22.6 Å². The molecule has 3 aromatic heterocycles. The van der Waals surface area contributed by atoms with Gasteiger partial charge < -0.3 is 9.15 Å². The summed E-state index contributed by atoms with van der Waals surface area (Å²) in [6.07, 6.45) is 1.44. The molecule has 0 saturated carbocycles. The Morgan fingerprint density at radius 3 is 2.50 bits per heavy atom. The third kappa shape index (κ3) is 3.25. The highest BCUT2D eigenvalue weighted by molar-refractivity contribution is 5.87. The third-order valence-corrected chi connectivity index (χ3v) is 6.50. The molecule has 1 atom stereocenters. The summed E-state index contributed by atoms with van der Waals surface area (Å²) in [5.74, 6) is -0.348. The number of nitrogens with zero attached hydrogens (tertiary/aromatic N) is 5. The lowest BCUT2D eigenvalue weighted by atomic mass is 9.84. The Balaban J connectivity index is 1.52. The van der Waals surface area contributed by atoms with E-state index in [2.05, 4.69) is 15.1 Å². The minimum atomic E-state index is -0.781. The average molecular weight is 507 g/mol. The number of fused-ring (bicyclic) bond motifs is 6. The van der Waals surface area contributed by atoms with Crippen LogP contribution in [-0.2, 0) is 0 Å². The Kier molecular flexibility index (Phi) is 4.61. The van der Waals surface area contributed by atoms with Gasteiger partial charge in [-0.3, -0.25) is 10.1 Å². The van der Waals surface area contributed by atoms with E-state index in [1.54, 1.807) is 48.5 Å². The van der Waals surface area contributed by atoms with Crippen LogP contribution in [0, 0.1) is 15.9 Å². The van der Waals surface area contributed by atoms with E-state index in [0.29, 0.717) is 44.9 Å². The van der Waals surface area contributed by atoms with E-state index in [-0.39, 0.29) is 17.1 Å². The topological polar surface area (TPSA) is 126 Å². The summed E-state index contributed by atoms with van der Waals surface area (Å²) in [7, 11) is 0. The zero-order valence-electron chi connectivity index (χ0n) is 19.2. The van der Waals surface area contributed by atoms with Crippen LogP contribution in [0.4, 0.5) is 10.1 Å². The van der Waals surface area contributed by atoms with Crippen LogP contribution in [0.5, 0.6) is 11.6 Å². The lowest BCUT2D eigenvalue weighted by Gasteiger charge is -2.27. The molecule has 0 fully saturated rings. The van der Waals surface area contributed by atoms with Crippen LogP contribution in [0.25, 0.3) is 28.0 Å². The number of benzene rings is 3. The molecular formula is C27H14FN5O5. The fourth-order valence-electron chi connectivity index (χ4n) is 4.77. The SMILES string of the molecule is O=c1oc2ccccc2c2c1C(c1ccc([N+](=O)[O-])cc1)c1c(ncn3nc(-c4ccc(F)cc4)nc13)O2. The number of aromatic nitrogens is 4. The number of nitro groups is 1. The highest BCUT2D eigenvalue weighted by Gasteiger charge is 2.37. The van der Waals surface area contributed by atoms with Crippen LogP contribution in [0.15, 0.2) is 88.3 Å². The van der Waals surface area contributed by atoms with Gasteiger partial charge in [0.25, 0.3) is 5.69 Å². The van der Waals surface area contributed by atoms with Crippen molar-refractivity contribution >= 4 is 22.3 Å². The van der Waals surface area contributed by atoms with Crippen molar-refractivity contribution in [1.82, 2.24) is 19.6 Å². The summed E-state index contributed by atoms with van der Waals surface area (Å²) < 4.78 is 26.8. The molecule has 0 N–H and O–H groups in total. The van der Waals surface area contributed by atoms with Crippen molar-refractivity contribution in [2.45, 2.75) is 5.92 Å². The molecule has 1 aliphatic rings. The molecule has 3 aromatic carbocycles. The normalized spacial score (nSPS) is 14.2. The Labute approximate surface area is 211 Å². The summed E-state index contributed by atoms with van der Waals surface area (Å²) >= 11 is 0. The molecule has 0 radical (unpaired) electrons. The maximum Gasteiger partial charge on any atom is 0.344 e. The zero-order valence-corrected chi connectivity index (χ0v) is 19.2. The van der Waals surface area contributed by atoms with Crippen molar-refractivity contribution < 1.29 is 18.5 Å². The van der Waals surface area contributed by atoms with Gasteiger partial charge in [0.1, 0.15) is 17.7 Å². The lowest BCUT2D eigenvalue weighted by Crippen LogP contribution is -2.22. The maximum absolute atomic E-state index is 13.5. The highest BCUT2D eigenvalue weighted by Crippen LogP contribution is 2.49. The molecule has 7 rings (SSSR count). The van der Waals surface area contributed by atoms with E-state index in [4.69, 9.17) is 9.15 Å². The minimum absolute atomic E-state index is 0.0933. The van der Waals surface area contributed by atoms with Crippen molar-refractivity contribution in [3.05, 3.63) is 122 Å². The van der Waals surface area contributed by atoms with Gasteiger partial charge in [-0.25, -0.2) is 23.7 Å². The van der Waals surface area contributed by atoms with Crippen LogP contribution < -0.4 is 10.4 Å². The Hall–Kier alpha value is -5.45. The summed E-state index contributed by atoms with van der Waals surface area (Å²) in [5, 5.41) is 16.4. The first-order valence-corrected chi connectivity index (χ1v) is 11.5. The number of nitro benzene ring substituents is 1. The van der Waals surface area contributed by atoms with Crippen LogP contribution in [-0.4, -0.2) is 24.5 Å². The van der Waals surface area contributed by atoms with Gasteiger partial charge in [-0.2, -0.15) is 0 Å². The van der Waals surface area contributed by atoms with Crippen molar-refractivity contribution in [3.8, 4) is 23.0 Å². The van der Waals surface area contributed by atoms with E-state index >= 15 is 0 Å². The fourth-order valence-corrected chi connectivity index (χ4v) is 4.77. The summed E-state index contributed by atoms with van der Waals surface area (Å²) in [6, 6.07) is 18.6. The number of hydrogen-bond acceptors (Lipinski definition) is 8. The molecule has 1 aliphatic heterocycles. The number of para-hydroxylation sites is 1. The van der Waals surface area contributed by atoms with Crippen molar-refractivity contribution in [2.24, 2.45) is 0 Å². The van der Waals surface area contributed by atoms with E-state index < -0.39 is 22.3 Å². The smallest absolute Gasteiger partial charge is 0.344 e. The van der Waals surface area contributed by atoms with Gasteiger partial charge >= 0.3 is 5.63 Å². The van der Waals surface area contributed by atoms with Crippen molar-refractivity contribution in [1.29, 1.82) is 0 Å². The van der Waals surface area contributed by atoms with Gasteiger partial charge in [0.05, 0.1) is 27.4 Å². The standard InChI is InChI=1S/C27H14FN5O5/c28-16-9-5-15(6-10-16)24-30-25-22-20(14-7-11-17(12-8-14)33(35)36)21-23(38-26(22)29-13-32(25)31-24)18-3-1-2-4-19(18)37-27(21)34/h1-13,20H. The summed E-state index contributed by atoms with van der Waals surface area (Å²) in [4.78, 5) is 33.3. The van der Waals surface area contributed by atoms with Crippen molar-refractivity contribution in [2.75, 3.05) is 0 Å². The molecule has 184 valence electrons. The largest absolute Gasteiger partial charge is 0.437 e. The van der Waals surface area contributed by atoms with E-state index in [1.807, 2.05) is 0 Å². The molecule has 0 amide bonds. The first-order chi connectivity index (χ1) is 18.5. The molecule has 0 saturated heterocycles. The molecule has 11 heteroatoms. The van der Waals surface area contributed by atoms with Crippen LogP contribution in [0.2, 0.25) is 0 Å². The predicted octanol–water partition coefficient (Wildman–Crippen LogP) is 5.23. The second-order valence-electron chi connectivity index (χ2n) is 8.69. The number of non-ortho nitro benzene ring substituents is 1. The second kappa shape index (κ2) is 8.03. The molecule has 38 heavy (non-hydrogen) atoms. The maximum atomic E-state index is 13.5. The van der Waals surface area contributed by atoms with Crippen LogP contribution in [0.3, 0.4) is 0 Å². The van der Waals surface area contributed by atoms with Gasteiger partial charge in [0.15, 0.2) is 17.2 Å². The summed E-state index contributed by atoms with van der Waals surface area (Å²) in [6.45, 7) is 0. The number of rotatable bonds is 3. The number of hydrogen-bond donors (Lipinski definition) is 0. The molecule has 0 bridgehead atoms. The quantitative estimate of drug-likeness (QED) is 0.181. The van der Waals surface area contributed by atoms with Gasteiger partial charge in [-0.05, 0) is 42.0 Å². The monoisotopic (exact) mass is 507 g/mol. The molecule has 0 spiro atoms. The minimum Gasteiger partial charge on any atom is -0.437 e. The van der Waals surface area contributed by atoms with E-state index in [9.17, 15) is 19.3 Å². The van der Waals surface area contributed by atoms with Crippen molar-refractivity contribution in [3.63, 3.8) is 0 Å². The summed E-state index contributed by atoms with van der Waals surface area (Å²) in [5.41, 5.74) is 1.81. The Bertz CT molecular complexity index is 1970. The van der Waals surface area contributed by atoms with Gasteiger partial charge in [-0.15, -0.1) is 5.10 Å². The highest BCUT2D eigenvalue weighted by atomic mass is 19.1. The van der Waals surface area contributed by atoms with E-state index in [0.717, 1.165) is 0 Å². The molecule has 10 nitrogen and oxygen atoms in total. The first kappa shape index (κ1) is 21.8. The Morgan fingerprint density at radius 1 is 0.974 bits per heavy atom. The molecule has 1 unspecified atom stereocenters. The molecular weight excluding hydrogens is 493 g/mol. The van der Waals surface area contributed by atoms with Crippen LogP contribution >= 0.6 is 0 Å².